The van der Waals surface area contributed by atoms with Gasteiger partial charge in [-0.25, -0.2) is 4.98 Å². The highest BCUT2D eigenvalue weighted by Crippen LogP contribution is 2.33. The molecule has 3 aromatic rings. The fourth-order valence-corrected chi connectivity index (χ4v) is 2.85. The number of nitrogens with zero attached hydrogens (tertiary/aromatic N) is 5. The summed E-state index contributed by atoms with van der Waals surface area (Å²) in [6, 6.07) is 7.49. The van der Waals surface area contributed by atoms with Crippen molar-refractivity contribution in [2.24, 2.45) is 5.16 Å². The van der Waals surface area contributed by atoms with E-state index >= 15 is 0 Å². The first kappa shape index (κ1) is 15.5. The van der Waals surface area contributed by atoms with Gasteiger partial charge >= 0.3 is 0 Å². The molecular weight excluding hydrogens is 318 g/mol. The fourth-order valence-electron chi connectivity index (χ4n) is 2.85. The van der Waals surface area contributed by atoms with Crippen LogP contribution in [0.15, 0.2) is 48.0 Å². The van der Waals surface area contributed by atoms with Crippen molar-refractivity contribution in [1.29, 1.82) is 0 Å². The van der Waals surface area contributed by atoms with E-state index < -0.39 is 0 Å². The van der Waals surface area contributed by atoms with E-state index in [1.165, 1.54) is 0 Å². The van der Waals surface area contributed by atoms with E-state index in [-0.39, 0.29) is 11.5 Å². The van der Waals surface area contributed by atoms with Crippen molar-refractivity contribution in [2.45, 2.75) is 0 Å². The molecule has 0 bridgehead atoms. The highest BCUT2D eigenvalue weighted by Gasteiger charge is 2.33. The van der Waals surface area contributed by atoms with Crippen molar-refractivity contribution in [3.05, 3.63) is 54.1 Å². The van der Waals surface area contributed by atoms with Gasteiger partial charge in [0, 0.05) is 36.3 Å². The molecule has 4 rings (SSSR count). The molecule has 126 valence electrons. The molecule has 0 amide bonds. The maximum Gasteiger partial charge on any atom is 0.234 e. The lowest BCUT2D eigenvalue weighted by Gasteiger charge is -2.16. The van der Waals surface area contributed by atoms with E-state index in [4.69, 9.17) is 4.84 Å². The van der Waals surface area contributed by atoms with Gasteiger partial charge in [-0.2, -0.15) is 0 Å². The number of Topliss-reactive ketones (excluding diaryl/α,β-unsaturated/α-hetero) is 1. The largest absolute Gasteiger partial charge is 0.394 e. The van der Waals surface area contributed by atoms with Crippen LogP contribution in [0.1, 0.15) is 16.1 Å². The number of ketones is 1. The van der Waals surface area contributed by atoms with Crippen LogP contribution in [-0.4, -0.2) is 58.0 Å². The molecule has 25 heavy (non-hydrogen) atoms. The second-order valence-electron chi connectivity index (χ2n) is 6.06. The van der Waals surface area contributed by atoms with Gasteiger partial charge in [-0.15, -0.1) is 0 Å². The monoisotopic (exact) mass is 335 g/mol. The Hall–Kier alpha value is -3.06. The third-order valence-electron chi connectivity index (χ3n) is 4.08. The normalized spacial score (nSPS) is 14.8. The lowest BCUT2D eigenvalue weighted by Crippen LogP contribution is -2.25. The van der Waals surface area contributed by atoms with Crippen LogP contribution in [0.3, 0.4) is 0 Å². The third kappa shape index (κ3) is 2.58. The molecule has 0 aromatic carbocycles. The van der Waals surface area contributed by atoms with Gasteiger partial charge in [0.05, 0.1) is 0 Å². The Bertz CT molecular complexity index is 990. The summed E-state index contributed by atoms with van der Waals surface area (Å²) in [6.45, 7) is 1.12. The number of likely N-dealkylation sites (N-methyl/N-ethyl adjacent to an activating group) is 1. The second kappa shape index (κ2) is 6.10. The van der Waals surface area contributed by atoms with E-state index in [2.05, 4.69) is 15.1 Å². The van der Waals surface area contributed by atoms with Gasteiger partial charge in [0.25, 0.3) is 0 Å². The molecule has 3 aromatic heterocycles. The lowest BCUT2D eigenvalue weighted by atomic mass is 9.91. The number of fused-ring (bicyclic) bond motifs is 5. The highest BCUT2D eigenvalue weighted by atomic mass is 16.6. The average Bonchev–Trinajstić information content (AvgIpc) is 3.01. The van der Waals surface area contributed by atoms with Gasteiger partial charge in [0.2, 0.25) is 5.78 Å². The summed E-state index contributed by atoms with van der Waals surface area (Å²) < 4.78 is 1.79. The van der Waals surface area contributed by atoms with Gasteiger partial charge in [-0.3, -0.25) is 14.2 Å². The first-order valence-corrected chi connectivity index (χ1v) is 7.98. The van der Waals surface area contributed by atoms with E-state index in [0.717, 1.165) is 11.2 Å². The van der Waals surface area contributed by atoms with Gasteiger partial charge in [-0.1, -0.05) is 11.2 Å². The molecule has 0 N–H and O–H groups in total. The molecule has 0 fully saturated rings. The van der Waals surface area contributed by atoms with Crippen LogP contribution in [0.25, 0.3) is 16.9 Å². The minimum atomic E-state index is -0.209. The number of carbonyl (C=O) groups is 1. The number of carbonyl (C=O) groups excluding carboxylic acids is 1. The standard InChI is InChI=1S/C18H17N5O2/c1-22(2)9-10-25-21-16-13-11-19-7-6-12(13)15-17(18(16)24)23-8-4-3-5-14(23)20-15/h3-8,11H,9-10H2,1-2H3/b21-16+. The summed E-state index contributed by atoms with van der Waals surface area (Å²) in [7, 11) is 3.90. The molecule has 3 heterocycles. The van der Waals surface area contributed by atoms with Crippen molar-refractivity contribution in [3.8, 4) is 11.3 Å². The van der Waals surface area contributed by atoms with Crippen molar-refractivity contribution in [2.75, 3.05) is 27.2 Å². The van der Waals surface area contributed by atoms with Gasteiger partial charge in [-0.05, 0) is 32.3 Å². The fraction of sp³-hybridized carbons (Fsp3) is 0.222. The molecule has 0 unspecified atom stereocenters. The molecule has 0 aliphatic heterocycles. The number of rotatable bonds is 4. The molecule has 0 atom stereocenters. The van der Waals surface area contributed by atoms with Crippen LogP contribution in [-0.2, 0) is 4.84 Å². The summed E-state index contributed by atoms with van der Waals surface area (Å²) in [5, 5.41) is 4.12. The van der Waals surface area contributed by atoms with E-state index in [0.29, 0.717) is 30.1 Å². The number of aromatic nitrogens is 3. The topological polar surface area (TPSA) is 72.1 Å². The molecule has 1 aliphatic carbocycles. The van der Waals surface area contributed by atoms with Crippen LogP contribution in [0.2, 0.25) is 0 Å². The Balaban J connectivity index is 1.83. The van der Waals surface area contributed by atoms with Gasteiger partial charge in [0.15, 0.2) is 5.71 Å². The van der Waals surface area contributed by atoms with Crippen LogP contribution in [0.4, 0.5) is 0 Å². The molecule has 0 saturated carbocycles. The lowest BCUT2D eigenvalue weighted by molar-refractivity contribution is 0.103. The predicted molar refractivity (Wildman–Crippen MR) is 93.8 cm³/mol. The molecular formula is C18H17N5O2. The maximum absolute atomic E-state index is 13.1. The summed E-state index contributed by atoms with van der Waals surface area (Å²) in [5.41, 5.74) is 3.63. The average molecular weight is 335 g/mol. The highest BCUT2D eigenvalue weighted by molar-refractivity contribution is 6.54. The predicted octanol–water partition coefficient (Wildman–Crippen LogP) is 1.87. The Kier molecular flexibility index (Phi) is 3.77. The van der Waals surface area contributed by atoms with Crippen molar-refractivity contribution >= 4 is 17.1 Å². The third-order valence-corrected chi connectivity index (χ3v) is 4.08. The van der Waals surface area contributed by atoms with Crippen molar-refractivity contribution < 1.29 is 9.63 Å². The number of hydrogen-bond donors (Lipinski definition) is 0. The number of oxime groups is 1. The summed E-state index contributed by atoms with van der Waals surface area (Å²) in [6.07, 6.45) is 5.15. The summed E-state index contributed by atoms with van der Waals surface area (Å²) >= 11 is 0. The molecule has 1 aliphatic rings. The number of hydrogen-bond acceptors (Lipinski definition) is 6. The smallest absolute Gasteiger partial charge is 0.234 e. The maximum atomic E-state index is 13.1. The molecule has 0 radical (unpaired) electrons. The minimum Gasteiger partial charge on any atom is -0.394 e. The quantitative estimate of drug-likeness (QED) is 0.538. The second-order valence-corrected chi connectivity index (χ2v) is 6.06. The number of imidazole rings is 1. The number of pyridine rings is 2. The van der Waals surface area contributed by atoms with Crippen LogP contribution in [0.5, 0.6) is 0 Å². The molecule has 7 nitrogen and oxygen atoms in total. The molecule has 0 spiro atoms. The zero-order chi connectivity index (χ0) is 17.4. The zero-order valence-corrected chi connectivity index (χ0v) is 14.0. The van der Waals surface area contributed by atoms with E-state index in [1.54, 1.807) is 16.8 Å². The SMILES string of the molecule is CN(C)CCO/N=C1/C(=O)c2c(nc3ccccn23)-c2ccncc21. The summed E-state index contributed by atoms with van der Waals surface area (Å²) in [5.74, 6) is -0.209. The van der Waals surface area contributed by atoms with Crippen LogP contribution < -0.4 is 0 Å². The Morgan fingerprint density at radius 3 is 2.96 bits per heavy atom. The summed E-state index contributed by atoms with van der Waals surface area (Å²) in [4.78, 5) is 29.2. The first-order chi connectivity index (χ1) is 12.2. The first-order valence-electron chi connectivity index (χ1n) is 7.98. The van der Waals surface area contributed by atoms with Gasteiger partial charge < -0.3 is 9.74 Å². The van der Waals surface area contributed by atoms with Crippen LogP contribution >= 0.6 is 0 Å². The minimum absolute atomic E-state index is 0.209. The Morgan fingerprint density at radius 2 is 2.12 bits per heavy atom. The van der Waals surface area contributed by atoms with Crippen molar-refractivity contribution in [1.82, 2.24) is 19.3 Å². The molecule has 7 heteroatoms. The van der Waals surface area contributed by atoms with Crippen molar-refractivity contribution in [3.63, 3.8) is 0 Å². The van der Waals surface area contributed by atoms with Crippen LogP contribution in [0, 0.1) is 0 Å². The van der Waals surface area contributed by atoms with E-state index in [1.807, 2.05) is 49.5 Å². The zero-order valence-electron chi connectivity index (χ0n) is 14.0. The molecule has 0 saturated heterocycles. The van der Waals surface area contributed by atoms with E-state index in [9.17, 15) is 4.79 Å². The Morgan fingerprint density at radius 1 is 1.24 bits per heavy atom. The Labute approximate surface area is 144 Å². The van der Waals surface area contributed by atoms with Gasteiger partial charge in [0.1, 0.15) is 23.6 Å².